The summed E-state index contributed by atoms with van der Waals surface area (Å²) in [6, 6.07) is 10.2. The van der Waals surface area contributed by atoms with E-state index in [2.05, 4.69) is 5.32 Å². The molecule has 2 amide bonds. The van der Waals surface area contributed by atoms with Crippen LogP contribution in [0, 0.1) is 5.82 Å². The Kier molecular flexibility index (Phi) is 4.71. The van der Waals surface area contributed by atoms with Crippen LogP contribution in [0.25, 0.3) is 0 Å². The summed E-state index contributed by atoms with van der Waals surface area (Å²) in [5, 5.41) is 2.89. The number of anilines is 1. The van der Waals surface area contributed by atoms with Crippen LogP contribution < -0.4 is 11.1 Å². The average molecular weight is 335 g/mol. The van der Waals surface area contributed by atoms with Gasteiger partial charge in [0.2, 0.25) is 11.8 Å². The van der Waals surface area contributed by atoms with Gasteiger partial charge in [0.05, 0.1) is 16.0 Å². The molecular formula is C17H16ClFN2O2. The van der Waals surface area contributed by atoms with E-state index in [9.17, 15) is 14.0 Å². The second-order valence-corrected chi connectivity index (χ2v) is 6.05. The van der Waals surface area contributed by atoms with Crippen molar-refractivity contribution in [2.45, 2.75) is 19.3 Å². The molecule has 0 aliphatic heterocycles. The Balaban J connectivity index is 2.22. The first-order chi connectivity index (χ1) is 10.7. The number of halogens is 2. The highest BCUT2D eigenvalue weighted by Crippen LogP contribution is 2.27. The van der Waals surface area contributed by atoms with E-state index in [0.717, 1.165) is 0 Å². The minimum Gasteiger partial charge on any atom is -0.366 e. The molecular weight excluding hydrogens is 319 g/mol. The van der Waals surface area contributed by atoms with Crippen LogP contribution in [-0.4, -0.2) is 11.8 Å². The molecule has 0 unspecified atom stereocenters. The first kappa shape index (κ1) is 17.0. The molecule has 0 radical (unpaired) electrons. The van der Waals surface area contributed by atoms with Crippen molar-refractivity contribution in [1.82, 2.24) is 0 Å². The second-order valence-electron chi connectivity index (χ2n) is 5.64. The molecule has 0 saturated heterocycles. The predicted octanol–water partition coefficient (Wildman–Crippen LogP) is 3.49. The molecule has 0 fully saturated rings. The largest absolute Gasteiger partial charge is 0.366 e. The zero-order chi connectivity index (χ0) is 17.2. The first-order valence-electron chi connectivity index (χ1n) is 6.88. The number of hydrogen-bond acceptors (Lipinski definition) is 2. The lowest BCUT2D eigenvalue weighted by Gasteiger charge is -2.24. The van der Waals surface area contributed by atoms with Gasteiger partial charge in [0, 0.05) is 5.69 Å². The number of nitrogens with one attached hydrogen (secondary N) is 1. The quantitative estimate of drug-likeness (QED) is 0.898. The van der Waals surface area contributed by atoms with E-state index in [-0.39, 0.29) is 22.3 Å². The summed E-state index contributed by atoms with van der Waals surface area (Å²) < 4.78 is 13.0. The van der Waals surface area contributed by atoms with E-state index >= 15 is 0 Å². The van der Waals surface area contributed by atoms with Crippen LogP contribution in [0.3, 0.4) is 0 Å². The van der Waals surface area contributed by atoms with Gasteiger partial charge in [0.1, 0.15) is 5.82 Å². The molecule has 0 aromatic heterocycles. The predicted molar refractivity (Wildman–Crippen MR) is 88.0 cm³/mol. The highest BCUT2D eigenvalue weighted by atomic mass is 35.5. The van der Waals surface area contributed by atoms with Crippen LogP contribution in [0.5, 0.6) is 0 Å². The van der Waals surface area contributed by atoms with E-state index in [1.807, 2.05) is 0 Å². The third kappa shape index (κ3) is 3.68. The summed E-state index contributed by atoms with van der Waals surface area (Å²) in [6.45, 7) is 3.46. The topological polar surface area (TPSA) is 72.2 Å². The number of nitrogens with two attached hydrogens (primary N) is 1. The third-order valence-corrected chi connectivity index (χ3v) is 3.94. The van der Waals surface area contributed by atoms with E-state index in [4.69, 9.17) is 17.3 Å². The number of rotatable bonds is 4. The van der Waals surface area contributed by atoms with Gasteiger partial charge in [-0.25, -0.2) is 4.39 Å². The van der Waals surface area contributed by atoms with Gasteiger partial charge in [-0.3, -0.25) is 9.59 Å². The van der Waals surface area contributed by atoms with Gasteiger partial charge in [-0.2, -0.15) is 0 Å². The molecule has 0 heterocycles. The molecule has 0 saturated carbocycles. The molecule has 23 heavy (non-hydrogen) atoms. The van der Waals surface area contributed by atoms with Gasteiger partial charge >= 0.3 is 0 Å². The van der Waals surface area contributed by atoms with E-state index in [0.29, 0.717) is 11.3 Å². The average Bonchev–Trinajstić information content (AvgIpc) is 2.47. The highest BCUT2D eigenvalue weighted by Gasteiger charge is 2.30. The van der Waals surface area contributed by atoms with Crippen molar-refractivity contribution in [2.75, 3.05) is 5.32 Å². The normalized spacial score (nSPS) is 11.1. The standard InChI is InChI=1S/C17H16ClFN2O2/c1-17(2,10-3-5-11(19)6-4-10)16(23)21-12-7-8-13(15(20)22)14(18)9-12/h3-9H,1-2H3,(H2,20,22)(H,21,23). The number of hydrogen-bond donors (Lipinski definition) is 2. The van der Waals surface area contributed by atoms with Crippen LogP contribution in [-0.2, 0) is 10.2 Å². The molecule has 2 rings (SSSR count). The summed E-state index contributed by atoms with van der Waals surface area (Å²) in [6.07, 6.45) is 0. The lowest BCUT2D eigenvalue weighted by molar-refractivity contribution is -0.120. The summed E-state index contributed by atoms with van der Waals surface area (Å²) >= 11 is 5.96. The van der Waals surface area contributed by atoms with Crippen molar-refractivity contribution < 1.29 is 14.0 Å². The van der Waals surface area contributed by atoms with Crippen LogP contribution >= 0.6 is 11.6 Å². The lowest BCUT2D eigenvalue weighted by Crippen LogP contribution is -2.34. The monoisotopic (exact) mass is 334 g/mol. The smallest absolute Gasteiger partial charge is 0.250 e. The maximum atomic E-state index is 13.0. The lowest BCUT2D eigenvalue weighted by atomic mass is 9.83. The molecule has 120 valence electrons. The minimum absolute atomic E-state index is 0.162. The van der Waals surface area contributed by atoms with Crippen molar-refractivity contribution >= 4 is 29.1 Å². The zero-order valence-electron chi connectivity index (χ0n) is 12.7. The minimum atomic E-state index is -0.872. The van der Waals surface area contributed by atoms with Crippen molar-refractivity contribution in [3.63, 3.8) is 0 Å². The number of amides is 2. The molecule has 0 bridgehead atoms. The van der Waals surface area contributed by atoms with Crippen LogP contribution in [0.15, 0.2) is 42.5 Å². The molecule has 0 aliphatic carbocycles. The Morgan fingerprint density at radius 1 is 1.13 bits per heavy atom. The summed E-state index contributed by atoms with van der Waals surface area (Å²) in [5.74, 6) is -1.29. The fraction of sp³-hybridized carbons (Fsp3) is 0.176. The first-order valence-corrected chi connectivity index (χ1v) is 7.26. The van der Waals surface area contributed by atoms with Crippen LogP contribution in [0.1, 0.15) is 29.8 Å². The van der Waals surface area contributed by atoms with Gasteiger partial charge in [0.25, 0.3) is 0 Å². The molecule has 2 aromatic rings. The Morgan fingerprint density at radius 3 is 2.26 bits per heavy atom. The van der Waals surface area contributed by atoms with Crippen LogP contribution in [0.4, 0.5) is 10.1 Å². The third-order valence-electron chi connectivity index (χ3n) is 3.63. The Hall–Kier alpha value is -2.40. The Morgan fingerprint density at radius 2 is 1.74 bits per heavy atom. The SMILES string of the molecule is CC(C)(C(=O)Nc1ccc(C(N)=O)c(Cl)c1)c1ccc(F)cc1. The molecule has 0 spiro atoms. The summed E-state index contributed by atoms with van der Waals surface area (Å²) in [4.78, 5) is 23.7. The molecule has 3 N–H and O–H groups in total. The number of benzene rings is 2. The molecule has 0 aliphatic rings. The number of carbonyl (C=O) groups is 2. The number of primary amides is 1. The van der Waals surface area contributed by atoms with Crippen LogP contribution in [0.2, 0.25) is 5.02 Å². The van der Waals surface area contributed by atoms with Crippen molar-refractivity contribution in [2.24, 2.45) is 5.73 Å². The Labute approximate surface area is 138 Å². The van der Waals surface area contributed by atoms with Crippen molar-refractivity contribution in [3.8, 4) is 0 Å². The van der Waals surface area contributed by atoms with E-state index in [1.54, 1.807) is 32.0 Å². The fourth-order valence-electron chi connectivity index (χ4n) is 2.08. The van der Waals surface area contributed by atoms with Gasteiger partial charge in [-0.05, 0) is 49.7 Å². The second kappa shape index (κ2) is 6.38. The number of carbonyl (C=O) groups excluding carboxylic acids is 2. The van der Waals surface area contributed by atoms with Crippen molar-refractivity contribution in [3.05, 3.63) is 64.4 Å². The molecule has 4 nitrogen and oxygen atoms in total. The maximum absolute atomic E-state index is 13.0. The van der Waals surface area contributed by atoms with Gasteiger partial charge in [0.15, 0.2) is 0 Å². The van der Waals surface area contributed by atoms with E-state index < -0.39 is 11.3 Å². The van der Waals surface area contributed by atoms with Gasteiger partial charge in [-0.1, -0.05) is 23.7 Å². The highest BCUT2D eigenvalue weighted by molar-refractivity contribution is 6.34. The maximum Gasteiger partial charge on any atom is 0.250 e. The summed E-state index contributed by atoms with van der Waals surface area (Å²) in [7, 11) is 0. The van der Waals surface area contributed by atoms with E-state index in [1.165, 1.54) is 24.3 Å². The Bertz CT molecular complexity index is 758. The van der Waals surface area contributed by atoms with Gasteiger partial charge < -0.3 is 11.1 Å². The van der Waals surface area contributed by atoms with Gasteiger partial charge in [-0.15, -0.1) is 0 Å². The zero-order valence-corrected chi connectivity index (χ0v) is 13.4. The summed E-state index contributed by atoms with van der Waals surface area (Å²) in [5.41, 5.74) is 5.61. The fourth-order valence-corrected chi connectivity index (χ4v) is 2.35. The molecule has 2 aromatic carbocycles. The molecule has 6 heteroatoms. The van der Waals surface area contributed by atoms with Crippen molar-refractivity contribution in [1.29, 1.82) is 0 Å². The molecule has 0 atom stereocenters.